The summed E-state index contributed by atoms with van der Waals surface area (Å²) in [5, 5.41) is 0.667. The first kappa shape index (κ1) is 19.1. The van der Waals surface area contributed by atoms with Gasteiger partial charge in [-0.3, -0.25) is 4.79 Å². The van der Waals surface area contributed by atoms with Crippen LogP contribution in [0, 0.1) is 0 Å². The van der Waals surface area contributed by atoms with E-state index >= 15 is 0 Å². The zero-order valence-electron chi connectivity index (χ0n) is 14.9. The van der Waals surface area contributed by atoms with Crippen molar-refractivity contribution in [3.63, 3.8) is 0 Å². The van der Waals surface area contributed by atoms with E-state index in [4.69, 9.17) is 21.1 Å². The molecule has 4 nitrogen and oxygen atoms in total. The lowest BCUT2D eigenvalue weighted by atomic mass is 10.1. The zero-order chi connectivity index (χ0) is 18.2. The highest BCUT2D eigenvalue weighted by Gasteiger charge is 2.17. The second kappa shape index (κ2) is 9.33. The van der Waals surface area contributed by atoms with Crippen LogP contribution in [-0.2, 0) is 6.54 Å². The number of ether oxygens (including phenoxy) is 2. The summed E-state index contributed by atoms with van der Waals surface area (Å²) in [4.78, 5) is 14.7. The SMILES string of the molecule is CCOc1ccc(C(=O)N(CC)Cc2cccc(Cl)c2)cc1OCC. The number of carbonyl (C=O) groups is 1. The Morgan fingerprint density at radius 1 is 1.00 bits per heavy atom. The van der Waals surface area contributed by atoms with E-state index in [1.807, 2.05) is 45.0 Å². The minimum Gasteiger partial charge on any atom is -0.490 e. The number of nitrogens with zero attached hydrogens (tertiary/aromatic N) is 1. The topological polar surface area (TPSA) is 38.8 Å². The van der Waals surface area contributed by atoms with Crippen LogP contribution in [0.3, 0.4) is 0 Å². The van der Waals surface area contributed by atoms with Crippen molar-refractivity contribution in [1.29, 1.82) is 0 Å². The first-order valence-corrected chi connectivity index (χ1v) is 8.90. The summed E-state index contributed by atoms with van der Waals surface area (Å²) in [6.07, 6.45) is 0. The Morgan fingerprint density at radius 3 is 2.36 bits per heavy atom. The molecule has 0 spiro atoms. The molecule has 0 aromatic heterocycles. The Hall–Kier alpha value is -2.20. The van der Waals surface area contributed by atoms with E-state index in [0.29, 0.717) is 48.4 Å². The Morgan fingerprint density at radius 2 is 1.72 bits per heavy atom. The quantitative estimate of drug-likeness (QED) is 0.678. The Labute approximate surface area is 154 Å². The van der Waals surface area contributed by atoms with Crippen LogP contribution in [0.15, 0.2) is 42.5 Å². The van der Waals surface area contributed by atoms with Gasteiger partial charge in [-0.2, -0.15) is 0 Å². The van der Waals surface area contributed by atoms with E-state index in [1.165, 1.54) is 0 Å². The third-order valence-corrected chi connectivity index (χ3v) is 3.96. The standard InChI is InChI=1S/C20H24ClNO3/c1-4-22(14-15-8-7-9-17(21)12-15)20(23)16-10-11-18(24-5-2)19(13-16)25-6-3/h7-13H,4-6,14H2,1-3H3. The molecule has 0 aliphatic carbocycles. The number of halogens is 1. The largest absolute Gasteiger partial charge is 0.490 e. The molecule has 2 aromatic carbocycles. The Kier molecular flexibility index (Phi) is 7.14. The van der Waals surface area contributed by atoms with Crippen LogP contribution in [0.4, 0.5) is 0 Å². The molecule has 0 unspecified atom stereocenters. The predicted molar refractivity (Wildman–Crippen MR) is 101 cm³/mol. The van der Waals surface area contributed by atoms with Gasteiger partial charge in [-0.05, 0) is 56.7 Å². The van der Waals surface area contributed by atoms with Crippen LogP contribution in [0.2, 0.25) is 5.02 Å². The van der Waals surface area contributed by atoms with Gasteiger partial charge < -0.3 is 14.4 Å². The van der Waals surface area contributed by atoms with Crippen LogP contribution < -0.4 is 9.47 Å². The van der Waals surface area contributed by atoms with Gasteiger partial charge in [0.1, 0.15) is 0 Å². The molecule has 0 saturated heterocycles. The fourth-order valence-electron chi connectivity index (χ4n) is 2.55. The number of hydrogen-bond donors (Lipinski definition) is 0. The Balaban J connectivity index is 2.22. The summed E-state index contributed by atoms with van der Waals surface area (Å²) in [6, 6.07) is 12.9. The minimum atomic E-state index is -0.0496. The molecular weight excluding hydrogens is 338 g/mol. The monoisotopic (exact) mass is 361 g/mol. The molecule has 0 N–H and O–H groups in total. The summed E-state index contributed by atoms with van der Waals surface area (Å²) in [5.74, 6) is 1.19. The average Bonchev–Trinajstić information content (AvgIpc) is 2.61. The lowest BCUT2D eigenvalue weighted by Gasteiger charge is -2.22. The molecule has 2 rings (SSSR count). The van der Waals surface area contributed by atoms with Gasteiger partial charge in [-0.15, -0.1) is 0 Å². The minimum absolute atomic E-state index is 0.0496. The van der Waals surface area contributed by atoms with Crippen molar-refractivity contribution >= 4 is 17.5 Å². The van der Waals surface area contributed by atoms with Gasteiger partial charge in [0.15, 0.2) is 11.5 Å². The molecule has 2 aromatic rings. The highest BCUT2D eigenvalue weighted by atomic mass is 35.5. The molecular formula is C20H24ClNO3. The molecule has 1 amide bonds. The lowest BCUT2D eigenvalue weighted by molar-refractivity contribution is 0.0752. The summed E-state index contributed by atoms with van der Waals surface area (Å²) in [5.41, 5.74) is 1.58. The summed E-state index contributed by atoms with van der Waals surface area (Å²) in [7, 11) is 0. The summed E-state index contributed by atoms with van der Waals surface area (Å²) in [6.45, 7) is 7.94. The van der Waals surface area contributed by atoms with Crippen LogP contribution >= 0.6 is 11.6 Å². The zero-order valence-corrected chi connectivity index (χ0v) is 15.7. The van der Waals surface area contributed by atoms with Gasteiger partial charge in [0.2, 0.25) is 0 Å². The first-order chi connectivity index (χ1) is 12.1. The Bertz CT molecular complexity index is 718. The molecule has 0 saturated carbocycles. The van der Waals surface area contributed by atoms with Gasteiger partial charge in [0, 0.05) is 23.7 Å². The second-order valence-electron chi connectivity index (χ2n) is 5.48. The highest BCUT2D eigenvalue weighted by Crippen LogP contribution is 2.29. The van der Waals surface area contributed by atoms with Gasteiger partial charge >= 0.3 is 0 Å². The molecule has 0 fully saturated rings. The summed E-state index contributed by atoms with van der Waals surface area (Å²) < 4.78 is 11.2. The molecule has 25 heavy (non-hydrogen) atoms. The molecule has 0 aliphatic heterocycles. The van der Waals surface area contributed by atoms with Crippen LogP contribution in [0.5, 0.6) is 11.5 Å². The van der Waals surface area contributed by atoms with E-state index in [-0.39, 0.29) is 5.91 Å². The number of carbonyl (C=O) groups excluding carboxylic acids is 1. The third-order valence-electron chi connectivity index (χ3n) is 3.72. The van der Waals surface area contributed by atoms with Gasteiger partial charge in [-0.1, -0.05) is 23.7 Å². The summed E-state index contributed by atoms with van der Waals surface area (Å²) >= 11 is 6.04. The van der Waals surface area contributed by atoms with Crippen LogP contribution in [0.1, 0.15) is 36.7 Å². The van der Waals surface area contributed by atoms with Gasteiger partial charge in [-0.25, -0.2) is 0 Å². The van der Waals surface area contributed by atoms with Gasteiger partial charge in [0.05, 0.1) is 13.2 Å². The highest BCUT2D eigenvalue weighted by molar-refractivity contribution is 6.30. The van der Waals surface area contributed by atoms with Crippen molar-refractivity contribution in [3.05, 3.63) is 58.6 Å². The van der Waals surface area contributed by atoms with Crippen LogP contribution in [-0.4, -0.2) is 30.6 Å². The van der Waals surface area contributed by atoms with Crippen molar-refractivity contribution in [2.45, 2.75) is 27.3 Å². The van der Waals surface area contributed by atoms with Crippen LogP contribution in [0.25, 0.3) is 0 Å². The first-order valence-electron chi connectivity index (χ1n) is 8.52. The predicted octanol–water partition coefficient (Wildman–Crippen LogP) is 4.80. The van der Waals surface area contributed by atoms with Crippen molar-refractivity contribution in [1.82, 2.24) is 4.90 Å². The third kappa shape index (κ3) is 5.13. The smallest absolute Gasteiger partial charge is 0.254 e. The van der Waals surface area contributed by atoms with Crippen molar-refractivity contribution < 1.29 is 14.3 Å². The van der Waals surface area contributed by atoms with E-state index < -0.39 is 0 Å². The van der Waals surface area contributed by atoms with E-state index in [9.17, 15) is 4.79 Å². The van der Waals surface area contributed by atoms with Gasteiger partial charge in [0.25, 0.3) is 5.91 Å². The van der Waals surface area contributed by atoms with Crippen molar-refractivity contribution in [2.75, 3.05) is 19.8 Å². The maximum atomic E-state index is 12.9. The maximum Gasteiger partial charge on any atom is 0.254 e. The normalized spacial score (nSPS) is 10.4. The molecule has 0 heterocycles. The molecule has 0 bridgehead atoms. The van der Waals surface area contributed by atoms with E-state index in [2.05, 4.69) is 0 Å². The second-order valence-corrected chi connectivity index (χ2v) is 5.91. The molecule has 5 heteroatoms. The van der Waals surface area contributed by atoms with Crippen molar-refractivity contribution in [3.8, 4) is 11.5 Å². The number of amides is 1. The van der Waals surface area contributed by atoms with Crippen molar-refractivity contribution in [2.24, 2.45) is 0 Å². The van der Waals surface area contributed by atoms with E-state index in [1.54, 1.807) is 23.1 Å². The number of benzene rings is 2. The number of hydrogen-bond acceptors (Lipinski definition) is 3. The van der Waals surface area contributed by atoms with E-state index in [0.717, 1.165) is 5.56 Å². The average molecular weight is 362 g/mol. The maximum absolute atomic E-state index is 12.9. The number of rotatable bonds is 8. The fraction of sp³-hybridized carbons (Fsp3) is 0.350. The molecule has 0 aliphatic rings. The molecule has 134 valence electrons. The fourth-order valence-corrected chi connectivity index (χ4v) is 2.76. The lowest BCUT2D eigenvalue weighted by Crippen LogP contribution is -2.30. The molecule has 0 atom stereocenters. The molecule has 0 radical (unpaired) electrons.